The van der Waals surface area contributed by atoms with Gasteiger partial charge in [-0.15, -0.1) is 0 Å². The van der Waals surface area contributed by atoms with Gasteiger partial charge in [-0.05, 0) is 6.42 Å². The van der Waals surface area contributed by atoms with Crippen LogP contribution in [0.25, 0.3) is 0 Å². The summed E-state index contributed by atoms with van der Waals surface area (Å²) in [5.74, 6) is 0. The molecule has 0 aliphatic rings. The smallest absolute Gasteiger partial charge is 0.0582 e. The summed E-state index contributed by atoms with van der Waals surface area (Å²) in [6.45, 7) is 2.34. The summed E-state index contributed by atoms with van der Waals surface area (Å²) in [4.78, 5) is 0. The molecule has 0 bridgehead atoms. The van der Waals surface area contributed by atoms with Crippen LogP contribution in [-0.2, 0) is 0 Å². The lowest BCUT2D eigenvalue weighted by Crippen LogP contribution is -2.23. The molecule has 0 heterocycles. The summed E-state index contributed by atoms with van der Waals surface area (Å²) >= 11 is 0. The summed E-state index contributed by atoms with van der Waals surface area (Å²) in [5.41, 5.74) is 5.54. The Morgan fingerprint density at radius 1 is 1.18 bits per heavy atom. The predicted octanol–water partition coefficient (Wildman–Crippen LogP) is 1.67. The predicted molar refractivity (Wildman–Crippen MR) is 48.4 cm³/mol. The molecule has 1 unspecified atom stereocenters. The minimum atomic E-state index is 0.0108. The van der Waals surface area contributed by atoms with Gasteiger partial charge in [-0.25, -0.2) is 0 Å². The highest BCUT2D eigenvalue weighted by Crippen LogP contribution is 2.05. The van der Waals surface area contributed by atoms with Crippen molar-refractivity contribution in [1.29, 1.82) is 0 Å². The fourth-order valence-electron chi connectivity index (χ4n) is 1.10. The minimum Gasteiger partial charge on any atom is -0.395 e. The molecule has 0 saturated heterocycles. The van der Waals surface area contributed by atoms with E-state index in [4.69, 9.17) is 10.8 Å². The normalized spacial score (nSPS) is 13.4. The third-order valence-electron chi connectivity index (χ3n) is 1.91. The van der Waals surface area contributed by atoms with Gasteiger partial charge in [0.05, 0.1) is 6.61 Å². The Hall–Kier alpha value is -0.0800. The van der Waals surface area contributed by atoms with Crippen LogP contribution < -0.4 is 5.73 Å². The van der Waals surface area contributed by atoms with E-state index < -0.39 is 0 Å². The van der Waals surface area contributed by atoms with Gasteiger partial charge in [-0.1, -0.05) is 39.0 Å². The lowest BCUT2D eigenvalue weighted by Gasteiger charge is -2.06. The summed E-state index contributed by atoms with van der Waals surface area (Å²) < 4.78 is 0. The van der Waals surface area contributed by atoms with Crippen LogP contribution in [0.1, 0.15) is 45.4 Å². The van der Waals surface area contributed by atoms with E-state index in [1.807, 2.05) is 0 Å². The highest BCUT2D eigenvalue weighted by Gasteiger charge is 1.98. The summed E-state index contributed by atoms with van der Waals surface area (Å²) in [6.07, 6.45) is 7.33. The van der Waals surface area contributed by atoms with Gasteiger partial charge >= 0.3 is 0 Å². The first-order valence-electron chi connectivity index (χ1n) is 4.67. The molecule has 1 atom stereocenters. The standard InChI is InChI=1S/C9H21NO/c1-2-3-4-5-6-7-9(10)8-11/h9,11H,2-8,10H2,1H3. The van der Waals surface area contributed by atoms with Crippen LogP contribution in [0.2, 0.25) is 0 Å². The molecule has 3 N–H and O–H groups in total. The molecule has 0 amide bonds. The molecule has 68 valence electrons. The lowest BCUT2D eigenvalue weighted by molar-refractivity contribution is 0.257. The van der Waals surface area contributed by atoms with Crippen molar-refractivity contribution in [3.63, 3.8) is 0 Å². The van der Waals surface area contributed by atoms with Gasteiger partial charge in [0.25, 0.3) is 0 Å². The maximum Gasteiger partial charge on any atom is 0.0582 e. The van der Waals surface area contributed by atoms with E-state index in [0.717, 1.165) is 6.42 Å². The van der Waals surface area contributed by atoms with Crippen molar-refractivity contribution in [2.75, 3.05) is 6.61 Å². The minimum absolute atomic E-state index is 0.0108. The Morgan fingerprint density at radius 3 is 2.36 bits per heavy atom. The second-order valence-electron chi connectivity index (χ2n) is 3.15. The number of rotatable bonds is 7. The summed E-state index contributed by atoms with van der Waals surface area (Å²) in [6, 6.07) is 0.0108. The molecule has 0 fully saturated rings. The molecule has 2 heteroatoms. The van der Waals surface area contributed by atoms with Crippen LogP contribution in [-0.4, -0.2) is 17.8 Å². The second kappa shape index (κ2) is 8.02. The summed E-state index contributed by atoms with van der Waals surface area (Å²) in [5, 5.41) is 8.61. The topological polar surface area (TPSA) is 46.2 Å². The molecule has 0 aliphatic heterocycles. The van der Waals surface area contributed by atoms with Crippen LogP contribution in [0.3, 0.4) is 0 Å². The fraction of sp³-hybridized carbons (Fsp3) is 1.00. The number of unbranched alkanes of at least 4 members (excludes halogenated alkanes) is 4. The highest BCUT2D eigenvalue weighted by atomic mass is 16.3. The van der Waals surface area contributed by atoms with E-state index in [1.54, 1.807) is 0 Å². The SMILES string of the molecule is CCCCCCCC(N)CO. The van der Waals surface area contributed by atoms with E-state index >= 15 is 0 Å². The average Bonchev–Trinajstić information content (AvgIpc) is 2.04. The van der Waals surface area contributed by atoms with Crippen molar-refractivity contribution in [2.45, 2.75) is 51.5 Å². The number of nitrogens with two attached hydrogens (primary N) is 1. The van der Waals surface area contributed by atoms with Gasteiger partial charge in [0.15, 0.2) is 0 Å². The molecule has 0 aliphatic carbocycles. The second-order valence-corrected chi connectivity index (χ2v) is 3.15. The van der Waals surface area contributed by atoms with Crippen LogP contribution in [0.4, 0.5) is 0 Å². The largest absolute Gasteiger partial charge is 0.395 e. The first-order chi connectivity index (χ1) is 5.31. The van der Waals surface area contributed by atoms with Gasteiger partial charge in [0.2, 0.25) is 0 Å². The zero-order chi connectivity index (χ0) is 8.53. The van der Waals surface area contributed by atoms with Crippen molar-refractivity contribution in [3.05, 3.63) is 0 Å². The number of hydrogen-bond donors (Lipinski definition) is 2. The van der Waals surface area contributed by atoms with Crippen molar-refractivity contribution >= 4 is 0 Å². The third kappa shape index (κ3) is 7.82. The maximum atomic E-state index is 8.61. The van der Waals surface area contributed by atoms with Crippen molar-refractivity contribution in [1.82, 2.24) is 0 Å². The highest BCUT2D eigenvalue weighted by molar-refractivity contribution is 4.58. The van der Waals surface area contributed by atoms with Gasteiger partial charge in [0, 0.05) is 6.04 Å². The monoisotopic (exact) mass is 159 g/mol. The Kier molecular flexibility index (Phi) is 7.96. The van der Waals surface area contributed by atoms with Gasteiger partial charge in [-0.3, -0.25) is 0 Å². The molecule has 0 aromatic heterocycles. The molecule has 0 rings (SSSR count). The molecule has 0 saturated carbocycles. The quantitative estimate of drug-likeness (QED) is 0.555. The molecule has 11 heavy (non-hydrogen) atoms. The third-order valence-corrected chi connectivity index (χ3v) is 1.91. The van der Waals surface area contributed by atoms with Crippen molar-refractivity contribution in [2.24, 2.45) is 5.73 Å². The van der Waals surface area contributed by atoms with E-state index in [9.17, 15) is 0 Å². The molecule has 0 aromatic carbocycles. The number of hydrogen-bond acceptors (Lipinski definition) is 2. The van der Waals surface area contributed by atoms with Gasteiger partial charge < -0.3 is 10.8 Å². The van der Waals surface area contributed by atoms with Crippen LogP contribution in [0.15, 0.2) is 0 Å². The first kappa shape index (κ1) is 10.9. The Morgan fingerprint density at radius 2 is 1.82 bits per heavy atom. The molecule has 0 spiro atoms. The first-order valence-corrected chi connectivity index (χ1v) is 4.67. The molecular weight excluding hydrogens is 138 g/mol. The number of aliphatic hydroxyl groups excluding tert-OH is 1. The molecule has 0 radical (unpaired) electrons. The van der Waals surface area contributed by atoms with Gasteiger partial charge in [-0.2, -0.15) is 0 Å². The molecule has 2 nitrogen and oxygen atoms in total. The lowest BCUT2D eigenvalue weighted by atomic mass is 10.1. The Balaban J connectivity index is 2.89. The van der Waals surface area contributed by atoms with E-state index in [2.05, 4.69) is 6.92 Å². The van der Waals surface area contributed by atoms with E-state index in [1.165, 1.54) is 32.1 Å². The van der Waals surface area contributed by atoms with E-state index in [0.29, 0.717) is 0 Å². The fourth-order valence-corrected chi connectivity index (χ4v) is 1.10. The van der Waals surface area contributed by atoms with Crippen LogP contribution in [0, 0.1) is 0 Å². The summed E-state index contributed by atoms with van der Waals surface area (Å²) in [7, 11) is 0. The average molecular weight is 159 g/mol. The van der Waals surface area contributed by atoms with E-state index in [-0.39, 0.29) is 12.6 Å². The molecular formula is C9H21NO. The zero-order valence-corrected chi connectivity index (χ0v) is 7.55. The maximum absolute atomic E-state index is 8.61. The van der Waals surface area contributed by atoms with Gasteiger partial charge in [0.1, 0.15) is 0 Å². The number of aliphatic hydroxyl groups is 1. The van der Waals surface area contributed by atoms with Crippen LogP contribution >= 0.6 is 0 Å². The zero-order valence-electron chi connectivity index (χ0n) is 7.55. The van der Waals surface area contributed by atoms with Crippen LogP contribution in [0.5, 0.6) is 0 Å². The van der Waals surface area contributed by atoms with Crippen molar-refractivity contribution in [3.8, 4) is 0 Å². The van der Waals surface area contributed by atoms with Crippen molar-refractivity contribution < 1.29 is 5.11 Å². The Bertz CT molecular complexity index is 76.0. The Labute approximate surface area is 69.8 Å². The molecule has 0 aromatic rings.